The van der Waals surface area contributed by atoms with Crippen molar-refractivity contribution in [1.82, 2.24) is 9.55 Å². The molecule has 38 heavy (non-hydrogen) atoms. The lowest BCUT2D eigenvalue weighted by Gasteiger charge is -2.25. The van der Waals surface area contributed by atoms with Crippen LogP contribution < -0.4 is 5.56 Å². The fourth-order valence-electron chi connectivity index (χ4n) is 4.25. The number of aryl methyl sites for hydroxylation is 2. The maximum atomic E-state index is 14.9. The van der Waals surface area contributed by atoms with Crippen molar-refractivity contribution >= 4 is 17.6 Å². The summed E-state index contributed by atoms with van der Waals surface area (Å²) in [7, 11) is 0. The van der Waals surface area contributed by atoms with E-state index in [9.17, 15) is 23.5 Å². The summed E-state index contributed by atoms with van der Waals surface area (Å²) >= 11 is 6.17. The van der Waals surface area contributed by atoms with Crippen LogP contribution in [0.15, 0.2) is 57.9 Å². The molecule has 0 fully saturated rings. The zero-order valence-electron chi connectivity index (χ0n) is 21.3. The van der Waals surface area contributed by atoms with Gasteiger partial charge in [0.25, 0.3) is 5.56 Å². The lowest BCUT2D eigenvalue weighted by molar-refractivity contribution is -0.162. The van der Waals surface area contributed by atoms with Crippen molar-refractivity contribution in [3.8, 4) is 28.3 Å². The Morgan fingerprint density at radius 3 is 2.37 bits per heavy atom. The summed E-state index contributed by atoms with van der Waals surface area (Å²) < 4.78 is 41.2. The number of pyridine rings is 1. The molecule has 0 unspecified atom stereocenters. The molecular weight excluding hydrogens is 518 g/mol. The molecule has 4 rings (SSSR count). The van der Waals surface area contributed by atoms with Crippen molar-refractivity contribution in [2.24, 2.45) is 0 Å². The fourth-order valence-corrected chi connectivity index (χ4v) is 4.58. The molecule has 7 nitrogen and oxygen atoms in total. The van der Waals surface area contributed by atoms with Crippen LogP contribution in [0.2, 0.25) is 5.02 Å². The lowest BCUT2D eigenvalue weighted by atomic mass is 10.0. The number of ether oxygens (including phenoxy) is 1. The number of aliphatic hydroxyl groups is 1. The number of aromatic nitrogens is 2. The quantitative estimate of drug-likeness (QED) is 0.297. The highest BCUT2D eigenvalue weighted by Crippen LogP contribution is 2.39. The Bertz CT molecular complexity index is 1580. The summed E-state index contributed by atoms with van der Waals surface area (Å²) in [6, 6.07) is 9.20. The maximum absolute atomic E-state index is 14.9. The van der Waals surface area contributed by atoms with E-state index in [-0.39, 0.29) is 28.5 Å². The zero-order valence-corrected chi connectivity index (χ0v) is 22.1. The normalized spacial score (nSPS) is 12.4. The molecule has 2 aromatic heterocycles. The van der Waals surface area contributed by atoms with E-state index < -0.39 is 29.3 Å². The van der Waals surface area contributed by atoms with Crippen LogP contribution in [-0.4, -0.2) is 26.2 Å². The van der Waals surface area contributed by atoms with Crippen molar-refractivity contribution in [3.05, 3.63) is 92.7 Å². The van der Waals surface area contributed by atoms with Crippen LogP contribution in [0.5, 0.6) is 0 Å². The molecule has 0 aliphatic heterocycles. The van der Waals surface area contributed by atoms with Crippen LogP contribution in [0.25, 0.3) is 28.3 Å². The standard InChI is InChI=1S/C28H25ClF2N2O5/c1-14-10-18(29)11-15(2)24(14)33-13-17(6-9-22(33)35)23-25(20-8-7-19(30)12-21(20)31)38-27(32-23)26(28(4,5)36)37-16(3)34/h6-13,26,36H,1-5H3/t26-/m0/s1. The first-order valence-corrected chi connectivity index (χ1v) is 12.0. The SMILES string of the molecule is CC(=O)O[C@@H](c1nc(-c2ccc(=O)n(-c3c(C)cc(Cl)cc3C)c2)c(-c2ccc(F)cc2F)o1)C(C)(C)O. The average Bonchev–Trinajstić information content (AvgIpc) is 3.21. The summed E-state index contributed by atoms with van der Waals surface area (Å²) in [4.78, 5) is 29.1. The average molecular weight is 543 g/mol. The van der Waals surface area contributed by atoms with E-state index in [1.54, 1.807) is 12.1 Å². The minimum Gasteiger partial charge on any atom is -0.449 e. The first kappa shape index (κ1) is 27.2. The summed E-state index contributed by atoms with van der Waals surface area (Å²) in [5, 5.41) is 11.2. The summed E-state index contributed by atoms with van der Waals surface area (Å²) in [5.41, 5.74) is 0.462. The van der Waals surface area contributed by atoms with Crippen LogP contribution in [0.1, 0.15) is 43.9 Å². The first-order valence-electron chi connectivity index (χ1n) is 11.6. The van der Waals surface area contributed by atoms with Crippen LogP contribution in [0.3, 0.4) is 0 Å². The molecule has 1 N–H and O–H groups in total. The molecule has 0 amide bonds. The molecule has 4 aromatic rings. The third-order valence-corrected chi connectivity index (χ3v) is 6.07. The Morgan fingerprint density at radius 1 is 1.13 bits per heavy atom. The smallest absolute Gasteiger partial charge is 0.303 e. The number of nitrogens with zero attached hydrogens (tertiary/aromatic N) is 2. The Balaban J connectivity index is 1.99. The van der Waals surface area contributed by atoms with Crippen molar-refractivity contribution in [2.45, 2.75) is 46.3 Å². The zero-order chi connectivity index (χ0) is 27.9. The second-order valence-electron chi connectivity index (χ2n) is 9.51. The number of hydrogen-bond acceptors (Lipinski definition) is 6. The molecule has 1 atom stereocenters. The predicted octanol–water partition coefficient (Wildman–Crippen LogP) is 6.08. The largest absolute Gasteiger partial charge is 0.449 e. The van der Waals surface area contributed by atoms with E-state index in [1.165, 1.54) is 42.8 Å². The minimum absolute atomic E-state index is 0.0879. The molecular formula is C28H25ClF2N2O5. The fraction of sp³-hybridized carbons (Fsp3) is 0.250. The van der Waals surface area contributed by atoms with Crippen molar-refractivity contribution < 1.29 is 27.8 Å². The van der Waals surface area contributed by atoms with Gasteiger partial charge in [-0.15, -0.1) is 0 Å². The second-order valence-corrected chi connectivity index (χ2v) is 9.95. The topological polar surface area (TPSA) is 94.6 Å². The Kier molecular flexibility index (Phi) is 7.27. The van der Waals surface area contributed by atoms with E-state index in [0.717, 1.165) is 24.1 Å². The van der Waals surface area contributed by atoms with Gasteiger partial charge in [-0.1, -0.05) is 11.6 Å². The van der Waals surface area contributed by atoms with Gasteiger partial charge in [0.05, 0.1) is 11.3 Å². The number of hydrogen-bond donors (Lipinski definition) is 1. The molecule has 2 heterocycles. The van der Waals surface area contributed by atoms with Crippen molar-refractivity contribution in [1.29, 1.82) is 0 Å². The molecule has 0 radical (unpaired) electrons. The molecule has 0 aliphatic rings. The number of halogens is 3. The summed E-state index contributed by atoms with van der Waals surface area (Å²) in [6.45, 7) is 7.58. The predicted molar refractivity (Wildman–Crippen MR) is 138 cm³/mol. The maximum Gasteiger partial charge on any atom is 0.303 e. The van der Waals surface area contributed by atoms with Crippen LogP contribution in [0, 0.1) is 25.5 Å². The Morgan fingerprint density at radius 2 is 1.79 bits per heavy atom. The van der Waals surface area contributed by atoms with Crippen molar-refractivity contribution in [3.63, 3.8) is 0 Å². The van der Waals surface area contributed by atoms with E-state index in [0.29, 0.717) is 22.3 Å². The van der Waals surface area contributed by atoms with Gasteiger partial charge < -0.3 is 14.3 Å². The van der Waals surface area contributed by atoms with Gasteiger partial charge in [0, 0.05) is 35.8 Å². The number of carbonyl (C=O) groups is 1. The minimum atomic E-state index is -1.62. The molecule has 0 aliphatic carbocycles. The number of carbonyl (C=O) groups excluding carboxylic acids is 1. The van der Waals surface area contributed by atoms with Crippen LogP contribution >= 0.6 is 11.6 Å². The van der Waals surface area contributed by atoms with Gasteiger partial charge in [0.1, 0.15) is 22.9 Å². The number of esters is 1. The Hall–Kier alpha value is -3.82. The van der Waals surface area contributed by atoms with E-state index >= 15 is 0 Å². The Labute approximate surface area is 222 Å². The van der Waals surface area contributed by atoms with E-state index in [4.69, 9.17) is 20.8 Å². The first-order chi connectivity index (χ1) is 17.8. The molecule has 10 heteroatoms. The van der Waals surface area contributed by atoms with Gasteiger partial charge in [-0.2, -0.15) is 0 Å². The van der Waals surface area contributed by atoms with Gasteiger partial charge in [-0.25, -0.2) is 13.8 Å². The molecule has 0 saturated heterocycles. The number of oxazole rings is 1. The summed E-state index contributed by atoms with van der Waals surface area (Å²) in [5.74, 6) is -2.72. The highest BCUT2D eigenvalue weighted by molar-refractivity contribution is 6.30. The third kappa shape index (κ3) is 5.39. The molecule has 0 spiro atoms. The van der Waals surface area contributed by atoms with Crippen LogP contribution in [-0.2, 0) is 9.53 Å². The van der Waals surface area contributed by atoms with Crippen LogP contribution in [0.4, 0.5) is 8.78 Å². The molecule has 0 bridgehead atoms. The van der Waals surface area contributed by atoms with Crippen molar-refractivity contribution in [2.75, 3.05) is 0 Å². The van der Waals surface area contributed by atoms with Gasteiger partial charge in [-0.05, 0) is 69.2 Å². The third-order valence-electron chi connectivity index (χ3n) is 5.85. The molecule has 2 aromatic carbocycles. The highest BCUT2D eigenvalue weighted by Gasteiger charge is 2.37. The number of rotatable bonds is 6. The number of benzene rings is 2. The van der Waals surface area contributed by atoms with E-state index in [1.807, 2.05) is 13.8 Å². The summed E-state index contributed by atoms with van der Waals surface area (Å²) in [6.07, 6.45) is 0.172. The molecule has 198 valence electrons. The second kappa shape index (κ2) is 10.2. The van der Waals surface area contributed by atoms with Gasteiger partial charge >= 0.3 is 5.97 Å². The molecule has 0 saturated carbocycles. The lowest BCUT2D eigenvalue weighted by Crippen LogP contribution is -2.32. The highest BCUT2D eigenvalue weighted by atomic mass is 35.5. The van der Waals surface area contributed by atoms with Gasteiger partial charge in [0.2, 0.25) is 12.0 Å². The van der Waals surface area contributed by atoms with Gasteiger partial charge in [-0.3, -0.25) is 14.2 Å². The van der Waals surface area contributed by atoms with E-state index in [2.05, 4.69) is 4.98 Å². The monoisotopic (exact) mass is 542 g/mol. The van der Waals surface area contributed by atoms with Gasteiger partial charge in [0.15, 0.2) is 5.76 Å².